The Hall–Kier alpha value is -2.78. The highest BCUT2D eigenvalue weighted by molar-refractivity contribution is 7.15. The Morgan fingerprint density at radius 3 is 2.86 bits per heavy atom. The lowest BCUT2D eigenvalue weighted by molar-refractivity contribution is 0.408. The number of thiophene rings is 1. The van der Waals surface area contributed by atoms with Gasteiger partial charge in [0.25, 0.3) is 0 Å². The van der Waals surface area contributed by atoms with Crippen molar-refractivity contribution < 1.29 is 4.74 Å². The van der Waals surface area contributed by atoms with E-state index in [1.54, 1.807) is 13.2 Å². The molecule has 2 aromatic heterocycles. The molecule has 2 heterocycles. The summed E-state index contributed by atoms with van der Waals surface area (Å²) in [6.07, 6.45) is 1.90. The van der Waals surface area contributed by atoms with Gasteiger partial charge >= 0.3 is 0 Å². The van der Waals surface area contributed by atoms with Crippen molar-refractivity contribution in [2.45, 2.75) is 6.54 Å². The molecule has 0 aliphatic rings. The van der Waals surface area contributed by atoms with Crippen molar-refractivity contribution in [3.8, 4) is 22.4 Å². The lowest BCUT2D eigenvalue weighted by Gasteiger charge is -2.09. The average Bonchev–Trinajstić information content (AvgIpc) is 3.15. The van der Waals surface area contributed by atoms with Gasteiger partial charge in [0.1, 0.15) is 22.4 Å². The highest BCUT2D eigenvalue weighted by atomic mass is 32.1. The molecule has 22 heavy (non-hydrogen) atoms. The number of hydrogen-bond acceptors (Lipinski definition) is 5. The fourth-order valence-corrected chi connectivity index (χ4v) is 2.99. The average molecular weight is 310 g/mol. The molecule has 0 fully saturated rings. The highest BCUT2D eigenvalue weighted by Crippen LogP contribution is 2.28. The van der Waals surface area contributed by atoms with Crippen LogP contribution < -0.4 is 10.5 Å². The van der Waals surface area contributed by atoms with E-state index in [9.17, 15) is 0 Å². The summed E-state index contributed by atoms with van der Waals surface area (Å²) in [5.41, 5.74) is 7.82. The monoisotopic (exact) mass is 310 g/mol. The Labute approximate surface area is 132 Å². The molecule has 1 aromatic carbocycles. The highest BCUT2D eigenvalue weighted by Gasteiger charge is 2.11. The zero-order valence-electron chi connectivity index (χ0n) is 12.0. The van der Waals surface area contributed by atoms with Crippen LogP contribution in [0.3, 0.4) is 0 Å². The number of nitrogens with two attached hydrogens (primary N) is 1. The van der Waals surface area contributed by atoms with E-state index < -0.39 is 0 Å². The van der Waals surface area contributed by atoms with Crippen LogP contribution in [-0.4, -0.2) is 16.7 Å². The van der Waals surface area contributed by atoms with Crippen LogP contribution in [0.5, 0.6) is 5.75 Å². The molecular weight excluding hydrogens is 296 g/mol. The molecule has 110 valence electrons. The normalized spacial score (nSPS) is 10.4. The topological polar surface area (TPSA) is 76.9 Å². The summed E-state index contributed by atoms with van der Waals surface area (Å²) in [5, 5.41) is 8.91. The number of methoxy groups -OCH3 is 1. The first kappa shape index (κ1) is 14.2. The standard InChI is InChI=1S/C16H14N4OS/c1-21-14-5-3-2-4-11(14)9-20-10-13(19-16(20)18)15-7-6-12(8-17)22-15/h2-7,10H,9H2,1H3,(H2,18,19). The van der Waals surface area contributed by atoms with Crippen LogP contribution >= 0.6 is 11.3 Å². The fourth-order valence-electron chi connectivity index (χ4n) is 2.23. The van der Waals surface area contributed by atoms with Gasteiger partial charge in [0.15, 0.2) is 0 Å². The third kappa shape index (κ3) is 2.67. The molecule has 0 aliphatic heterocycles. The van der Waals surface area contributed by atoms with E-state index in [2.05, 4.69) is 11.1 Å². The molecule has 0 radical (unpaired) electrons. The molecule has 3 aromatic rings. The molecule has 0 spiro atoms. The number of nitriles is 1. The van der Waals surface area contributed by atoms with Crippen molar-refractivity contribution >= 4 is 17.3 Å². The minimum atomic E-state index is 0.438. The van der Waals surface area contributed by atoms with Gasteiger partial charge in [-0.15, -0.1) is 11.3 Å². The molecule has 5 nitrogen and oxygen atoms in total. The number of hydrogen-bond donors (Lipinski definition) is 1. The molecule has 6 heteroatoms. The van der Waals surface area contributed by atoms with Crippen molar-refractivity contribution in [1.29, 1.82) is 5.26 Å². The van der Waals surface area contributed by atoms with Gasteiger partial charge in [-0.25, -0.2) is 4.98 Å². The van der Waals surface area contributed by atoms with Crippen LogP contribution in [0.25, 0.3) is 10.6 Å². The van der Waals surface area contributed by atoms with E-state index in [4.69, 9.17) is 15.7 Å². The van der Waals surface area contributed by atoms with E-state index in [1.165, 1.54) is 11.3 Å². The Balaban J connectivity index is 1.91. The van der Waals surface area contributed by atoms with Gasteiger partial charge < -0.3 is 15.0 Å². The predicted octanol–water partition coefficient (Wildman–Crippen LogP) is 3.12. The summed E-state index contributed by atoms with van der Waals surface area (Å²) in [7, 11) is 1.65. The smallest absolute Gasteiger partial charge is 0.201 e. The second kappa shape index (κ2) is 5.92. The number of nitrogens with zero attached hydrogens (tertiary/aromatic N) is 3. The van der Waals surface area contributed by atoms with Crippen molar-refractivity contribution in [3.63, 3.8) is 0 Å². The fraction of sp³-hybridized carbons (Fsp3) is 0.125. The van der Waals surface area contributed by atoms with Crippen molar-refractivity contribution in [2.24, 2.45) is 0 Å². The van der Waals surface area contributed by atoms with E-state index in [0.717, 1.165) is 21.9 Å². The summed E-state index contributed by atoms with van der Waals surface area (Å²) in [4.78, 5) is 5.97. The maximum Gasteiger partial charge on any atom is 0.201 e. The van der Waals surface area contributed by atoms with Crippen molar-refractivity contribution in [2.75, 3.05) is 12.8 Å². The van der Waals surface area contributed by atoms with Crippen LogP contribution in [0.2, 0.25) is 0 Å². The number of nitrogen functional groups attached to an aromatic ring is 1. The van der Waals surface area contributed by atoms with Crippen LogP contribution in [0.1, 0.15) is 10.4 Å². The van der Waals surface area contributed by atoms with E-state index in [0.29, 0.717) is 17.4 Å². The molecule has 0 saturated carbocycles. The molecule has 0 atom stereocenters. The Bertz CT molecular complexity index is 844. The summed E-state index contributed by atoms with van der Waals surface area (Å²) in [5.74, 6) is 1.26. The summed E-state index contributed by atoms with van der Waals surface area (Å²) >= 11 is 1.40. The number of aromatic nitrogens is 2. The third-order valence-corrected chi connectivity index (χ3v) is 4.32. The van der Waals surface area contributed by atoms with Gasteiger partial charge in [0.05, 0.1) is 18.5 Å². The molecule has 0 aliphatic carbocycles. The minimum Gasteiger partial charge on any atom is -0.496 e. The second-order valence-corrected chi connectivity index (χ2v) is 5.78. The Morgan fingerprint density at radius 2 is 2.14 bits per heavy atom. The summed E-state index contributed by atoms with van der Waals surface area (Å²) in [6, 6.07) is 13.6. The van der Waals surface area contributed by atoms with Crippen molar-refractivity contribution in [1.82, 2.24) is 9.55 Å². The van der Waals surface area contributed by atoms with Gasteiger partial charge in [0, 0.05) is 11.8 Å². The summed E-state index contributed by atoms with van der Waals surface area (Å²) < 4.78 is 7.23. The molecule has 0 unspecified atom stereocenters. The maximum absolute atomic E-state index is 8.91. The molecule has 2 N–H and O–H groups in total. The van der Waals surface area contributed by atoms with Crippen LogP contribution in [0.15, 0.2) is 42.6 Å². The van der Waals surface area contributed by atoms with Crippen LogP contribution in [0.4, 0.5) is 5.95 Å². The van der Waals surface area contributed by atoms with Gasteiger partial charge in [-0.1, -0.05) is 18.2 Å². The van der Waals surface area contributed by atoms with E-state index >= 15 is 0 Å². The number of anilines is 1. The number of ether oxygens (including phenoxy) is 1. The lowest BCUT2D eigenvalue weighted by Crippen LogP contribution is -2.04. The third-order valence-electron chi connectivity index (χ3n) is 3.31. The van der Waals surface area contributed by atoms with Gasteiger partial charge in [-0.3, -0.25) is 0 Å². The summed E-state index contributed by atoms with van der Waals surface area (Å²) in [6.45, 7) is 0.583. The van der Waals surface area contributed by atoms with Gasteiger partial charge in [-0.2, -0.15) is 5.26 Å². The first-order valence-electron chi connectivity index (χ1n) is 6.66. The molecule has 0 saturated heterocycles. The molecular formula is C16H14N4OS. The molecule has 3 rings (SSSR count). The van der Waals surface area contributed by atoms with Gasteiger partial charge in [-0.05, 0) is 18.2 Å². The quantitative estimate of drug-likeness (QED) is 0.803. The zero-order chi connectivity index (χ0) is 15.5. The Morgan fingerprint density at radius 1 is 1.32 bits per heavy atom. The predicted molar refractivity (Wildman–Crippen MR) is 86.8 cm³/mol. The number of rotatable bonds is 4. The first-order valence-corrected chi connectivity index (χ1v) is 7.47. The van der Waals surface area contributed by atoms with Crippen LogP contribution in [0, 0.1) is 11.3 Å². The minimum absolute atomic E-state index is 0.438. The first-order chi connectivity index (χ1) is 10.7. The number of para-hydroxylation sites is 1. The lowest BCUT2D eigenvalue weighted by atomic mass is 10.2. The number of benzene rings is 1. The van der Waals surface area contributed by atoms with E-state index in [1.807, 2.05) is 41.1 Å². The molecule has 0 bridgehead atoms. The number of imidazole rings is 1. The van der Waals surface area contributed by atoms with Gasteiger partial charge in [0.2, 0.25) is 5.95 Å². The van der Waals surface area contributed by atoms with Crippen LogP contribution in [-0.2, 0) is 6.54 Å². The Kier molecular flexibility index (Phi) is 3.81. The van der Waals surface area contributed by atoms with E-state index in [-0.39, 0.29) is 0 Å². The SMILES string of the molecule is COc1ccccc1Cn1cc(-c2ccc(C#N)s2)nc1N. The van der Waals surface area contributed by atoms with Crippen molar-refractivity contribution in [3.05, 3.63) is 53.0 Å². The second-order valence-electron chi connectivity index (χ2n) is 4.70. The largest absolute Gasteiger partial charge is 0.496 e. The maximum atomic E-state index is 8.91. The zero-order valence-corrected chi connectivity index (χ0v) is 12.8. The molecule has 0 amide bonds.